The number of nitrogen functional groups attached to an aromatic ring is 1. The van der Waals surface area contributed by atoms with E-state index >= 15 is 0 Å². The van der Waals surface area contributed by atoms with Crippen LogP contribution in [0.5, 0.6) is 0 Å². The van der Waals surface area contributed by atoms with Gasteiger partial charge in [0.05, 0.1) is 11.3 Å². The summed E-state index contributed by atoms with van der Waals surface area (Å²) in [6.45, 7) is 0.889. The van der Waals surface area contributed by atoms with Gasteiger partial charge in [-0.15, -0.1) is 0 Å². The summed E-state index contributed by atoms with van der Waals surface area (Å²) >= 11 is 0. The fourth-order valence-electron chi connectivity index (χ4n) is 2.14. The second-order valence-electron chi connectivity index (χ2n) is 4.68. The summed E-state index contributed by atoms with van der Waals surface area (Å²) in [7, 11) is -3.74. The summed E-state index contributed by atoms with van der Waals surface area (Å²) in [5.74, 6) is -1.21. The minimum atomic E-state index is -3.74. The average molecular weight is 299 g/mol. The highest BCUT2D eigenvalue weighted by Crippen LogP contribution is 2.22. The van der Waals surface area contributed by atoms with E-state index in [0.29, 0.717) is 18.8 Å². The number of hydrogen-bond acceptors (Lipinski definition) is 4. The third-order valence-corrected chi connectivity index (χ3v) is 4.69. The zero-order valence-corrected chi connectivity index (χ0v) is 11.7. The third-order valence-electron chi connectivity index (χ3n) is 3.17. The van der Waals surface area contributed by atoms with Gasteiger partial charge in [-0.3, -0.25) is 4.72 Å². The van der Waals surface area contributed by atoms with Gasteiger partial charge < -0.3 is 10.8 Å². The van der Waals surface area contributed by atoms with Gasteiger partial charge in [0.2, 0.25) is 0 Å². The number of hydrogen-bond donors (Lipinski definition) is 3. The molecule has 1 aliphatic heterocycles. The van der Waals surface area contributed by atoms with Gasteiger partial charge in [0.1, 0.15) is 0 Å². The zero-order chi connectivity index (χ0) is 14.8. The fraction of sp³-hybridized carbons (Fsp3) is 0.417. The number of aromatic carboxylic acids is 1. The summed E-state index contributed by atoms with van der Waals surface area (Å²) in [5.41, 5.74) is 5.74. The van der Waals surface area contributed by atoms with Crippen molar-refractivity contribution in [3.05, 3.63) is 23.8 Å². The van der Waals surface area contributed by atoms with E-state index in [0.717, 1.165) is 19.3 Å². The van der Waals surface area contributed by atoms with E-state index in [2.05, 4.69) is 4.72 Å². The second-order valence-corrected chi connectivity index (χ2v) is 6.35. The van der Waals surface area contributed by atoms with Crippen molar-refractivity contribution < 1.29 is 18.3 Å². The molecular formula is C12H17N3O4S. The lowest BCUT2D eigenvalue weighted by Gasteiger charge is -2.26. The van der Waals surface area contributed by atoms with Gasteiger partial charge >= 0.3 is 16.2 Å². The fourth-order valence-corrected chi connectivity index (χ4v) is 3.46. The molecule has 0 atom stereocenters. The van der Waals surface area contributed by atoms with E-state index in [1.54, 1.807) is 0 Å². The Balaban J connectivity index is 2.28. The van der Waals surface area contributed by atoms with Gasteiger partial charge in [-0.2, -0.15) is 12.7 Å². The number of piperidine rings is 1. The molecule has 0 amide bonds. The molecule has 1 aliphatic rings. The first-order valence-electron chi connectivity index (χ1n) is 6.31. The van der Waals surface area contributed by atoms with Crippen molar-refractivity contribution in [2.45, 2.75) is 19.3 Å². The summed E-state index contributed by atoms with van der Waals surface area (Å²) in [6, 6.07) is 4.01. The molecule has 8 heteroatoms. The highest BCUT2D eigenvalue weighted by atomic mass is 32.2. The number of carboxylic acids is 1. The average Bonchev–Trinajstić information content (AvgIpc) is 2.39. The normalized spacial score (nSPS) is 16.8. The van der Waals surface area contributed by atoms with Crippen molar-refractivity contribution in [3.63, 3.8) is 0 Å². The summed E-state index contributed by atoms with van der Waals surface area (Å²) < 4.78 is 28.1. The molecule has 1 aromatic carbocycles. The molecule has 0 spiro atoms. The maximum absolute atomic E-state index is 12.2. The van der Waals surface area contributed by atoms with Crippen LogP contribution in [0.3, 0.4) is 0 Å². The standard InChI is InChI=1S/C12H17N3O4S/c13-9-4-5-10(12(16)17)11(8-9)14-20(18,19)15-6-2-1-3-7-15/h4-5,8,14H,1-3,6-7,13H2,(H,16,17). The monoisotopic (exact) mass is 299 g/mol. The second kappa shape index (κ2) is 5.68. The first-order chi connectivity index (χ1) is 9.40. The predicted octanol–water partition coefficient (Wildman–Crippen LogP) is 1.11. The Morgan fingerprint density at radius 2 is 1.90 bits per heavy atom. The number of rotatable bonds is 4. The van der Waals surface area contributed by atoms with E-state index in [-0.39, 0.29) is 11.3 Å². The number of carboxylic acid groups (broad SMARTS) is 1. The van der Waals surface area contributed by atoms with Gasteiger partial charge in [-0.1, -0.05) is 6.42 Å². The minimum absolute atomic E-state index is 0.0110. The number of nitrogens with one attached hydrogen (secondary N) is 1. The molecule has 7 nitrogen and oxygen atoms in total. The SMILES string of the molecule is Nc1ccc(C(=O)O)c(NS(=O)(=O)N2CCCCC2)c1. The number of carbonyl (C=O) groups is 1. The molecule has 0 aliphatic carbocycles. The molecule has 1 heterocycles. The van der Waals surface area contributed by atoms with Crippen molar-refractivity contribution in [2.24, 2.45) is 0 Å². The van der Waals surface area contributed by atoms with E-state index in [1.807, 2.05) is 0 Å². The lowest BCUT2D eigenvalue weighted by Crippen LogP contribution is -2.39. The lowest BCUT2D eigenvalue weighted by atomic mass is 10.1. The highest BCUT2D eigenvalue weighted by Gasteiger charge is 2.25. The maximum atomic E-state index is 12.2. The zero-order valence-electron chi connectivity index (χ0n) is 10.9. The van der Waals surface area contributed by atoms with E-state index in [4.69, 9.17) is 10.8 Å². The van der Waals surface area contributed by atoms with Crippen LogP contribution in [-0.4, -0.2) is 36.9 Å². The highest BCUT2D eigenvalue weighted by molar-refractivity contribution is 7.90. The molecule has 0 bridgehead atoms. The molecule has 1 fully saturated rings. The van der Waals surface area contributed by atoms with Crippen molar-refractivity contribution in [2.75, 3.05) is 23.5 Å². The van der Waals surface area contributed by atoms with Crippen molar-refractivity contribution in [1.29, 1.82) is 0 Å². The lowest BCUT2D eigenvalue weighted by molar-refractivity contribution is 0.0698. The molecular weight excluding hydrogens is 282 g/mol. The van der Waals surface area contributed by atoms with E-state index in [1.165, 1.54) is 22.5 Å². The Morgan fingerprint density at radius 1 is 1.25 bits per heavy atom. The number of nitrogens with two attached hydrogens (primary N) is 1. The van der Waals surface area contributed by atoms with Crippen LogP contribution in [0.2, 0.25) is 0 Å². The van der Waals surface area contributed by atoms with Gasteiger partial charge in [0.15, 0.2) is 0 Å². The van der Waals surface area contributed by atoms with Crippen LogP contribution in [0.25, 0.3) is 0 Å². The Labute approximate surface area is 117 Å². The van der Waals surface area contributed by atoms with Crippen LogP contribution >= 0.6 is 0 Å². The van der Waals surface area contributed by atoms with Crippen LogP contribution in [-0.2, 0) is 10.2 Å². The van der Waals surface area contributed by atoms with E-state index in [9.17, 15) is 13.2 Å². The summed E-state index contributed by atoms with van der Waals surface area (Å²) in [4.78, 5) is 11.1. The van der Waals surface area contributed by atoms with Crippen molar-refractivity contribution >= 4 is 27.6 Å². The Hall–Kier alpha value is -1.80. The molecule has 0 aromatic heterocycles. The Kier molecular flexibility index (Phi) is 4.15. The molecule has 4 N–H and O–H groups in total. The molecule has 1 aromatic rings. The van der Waals surface area contributed by atoms with Gasteiger partial charge in [0, 0.05) is 18.8 Å². The topological polar surface area (TPSA) is 113 Å². The van der Waals surface area contributed by atoms with Crippen LogP contribution < -0.4 is 10.5 Å². The molecule has 1 saturated heterocycles. The first-order valence-corrected chi connectivity index (χ1v) is 7.75. The van der Waals surface area contributed by atoms with Gasteiger partial charge in [0.25, 0.3) is 0 Å². The van der Waals surface area contributed by atoms with Gasteiger partial charge in [-0.25, -0.2) is 4.79 Å². The smallest absolute Gasteiger partial charge is 0.337 e. The molecule has 0 saturated carbocycles. The summed E-state index contributed by atoms with van der Waals surface area (Å²) in [5, 5.41) is 9.07. The maximum Gasteiger partial charge on any atom is 0.337 e. The molecule has 0 unspecified atom stereocenters. The largest absolute Gasteiger partial charge is 0.478 e. The van der Waals surface area contributed by atoms with Crippen LogP contribution in [0.1, 0.15) is 29.6 Å². The molecule has 20 heavy (non-hydrogen) atoms. The first kappa shape index (κ1) is 14.6. The quantitative estimate of drug-likeness (QED) is 0.721. The number of anilines is 2. The minimum Gasteiger partial charge on any atom is -0.478 e. The van der Waals surface area contributed by atoms with Crippen LogP contribution in [0, 0.1) is 0 Å². The number of nitrogens with zero attached hydrogens (tertiary/aromatic N) is 1. The van der Waals surface area contributed by atoms with Crippen LogP contribution in [0.15, 0.2) is 18.2 Å². The molecule has 0 radical (unpaired) electrons. The Bertz CT molecular complexity index is 609. The van der Waals surface area contributed by atoms with Crippen molar-refractivity contribution in [1.82, 2.24) is 4.31 Å². The molecule has 2 rings (SSSR count). The number of benzene rings is 1. The predicted molar refractivity (Wildman–Crippen MR) is 75.8 cm³/mol. The van der Waals surface area contributed by atoms with E-state index < -0.39 is 16.2 Å². The molecule has 110 valence electrons. The van der Waals surface area contributed by atoms with Crippen LogP contribution in [0.4, 0.5) is 11.4 Å². The summed E-state index contributed by atoms with van der Waals surface area (Å²) in [6.07, 6.45) is 2.62. The van der Waals surface area contributed by atoms with Gasteiger partial charge in [-0.05, 0) is 31.0 Å². The van der Waals surface area contributed by atoms with Crippen molar-refractivity contribution in [3.8, 4) is 0 Å². The Morgan fingerprint density at radius 3 is 2.50 bits per heavy atom. The third kappa shape index (κ3) is 3.20.